The predicted molar refractivity (Wildman–Crippen MR) is 61.0 cm³/mol. The third-order valence-corrected chi connectivity index (χ3v) is 3.37. The fourth-order valence-electron chi connectivity index (χ4n) is 0.958. The molecule has 0 bridgehead atoms. The lowest BCUT2D eigenvalue weighted by atomic mass is 10.3. The molecule has 82 valence electrons. The second kappa shape index (κ2) is 4.65. The second-order valence-electron chi connectivity index (χ2n) is 2.74. The van der Waals surface area contributed by atoms with Crippen molar-refractivity contribution in [2.45, 2.75) is 11.8 Å². The Kier molecular flexibility index (Phi) is 3.72. The molecule has 0 fully saturated rings. The Bertz CT molecular complexity index is 453. The molecule has 0 radical (unpaired) electrons. The van der Waals surface area contributed by atoms with Gasteiger partial charge in [0.25, 0.3) is 0 Å². The van der Waals surface area contributed by atoms with Gasteiger partial charge in [0.1, 0.15) is 9.88 Å². The highest BCUT2D eigenvalue weighted by molar-refractivity contribution is 7.89. The SMILES string of the molecule is CCNS(=O)(=O)c1ccc(C(N)=S)nc1. The van der Waals surface area contributed by atoms with E-state index < -0.39 is 10.0 Å². The molecule has 0 aliphatic carbocycles. The fourth-order valence-corrected chi connectivity index (χ4v) is 2.06. The summed E-state index contributed by atoms with van der Waals surface area (Å²) in [5.74, 6) is 0. The van der Waals surface area contributed by atoms with E-state index in [0.29, 0.717) is 12.2 Å². The van der Waals surface area contributed by atoms with Crippen LogP contribution in [0.5, 0.6) is 0 Å². The maximum atomic E-state index is 11.5. The normalized spacial score (nSPS) is 11.3. The number of aromatic nitrogens is 1. The Morgan fingerprint density at radius 3 is 2.67 bits per heavy atom. The number of nitrogens with zero attached hydrogens (tertiary/aromatic N) is 1. The van der Waals surface area contributed by atoms with Crippen molar-refractivity contribution in [1.29, 1.82) is 0 Å². The molecule has 1 rings (SSSR count). The minimum atomic E-state index is -3.45. The molecule has 0 aliphatic heterocycles. The van der Waals surface area contributed by atoms with Crippen molar-refractivity contribution >= 4 is 27.2 Å². The van der Waals surface area contributed by atoms with Crippen LogP contribution in [0.4, 0.5) is 0 Å². The van der Waals surface area contributed by atoms with Crippen LogP contribution < -0.4 is 10.5 Å². The number of nitrogens with two attached hydrogens (primary N) is 1. The minimum Gasteiger partial charge on any atom is -0.388 e. The van der Waals surface area contributed by atoms with Gasteiger partial charge in [0.15, 0.2) is 0 Å². The van der Waals surface area contributed by atoms with Crippen molar-refractivity contribution < 1.29 is 8.42 Å². The van der Waals surface area contributed by atoms with Crippen LogP contribution in [0.1, 0.15) is 12.6 Å². The molecule has 15 heavy (non-hydrogen) atoms. The second-order valence-corrected chi connectivity index (χ2v) is 4.95. The molecule has 1 aromatic heterocycles. The summed E-state index contributed by atoms with van der Waals surface area (Å²) in [6, 6.07) is 2.89. The van der Waals surface area contributed by atoms with Crippen molar-refractivity contribution in [3.63, 3.8) is 0 Å². The average Bonchev–Trinajstić information content (AvgIpc) is 2.18. The zero-order valence-corrected chi connectivity index (χ0v) is 9.73. The minimum absolute atomic E-state index is 0.101. The summed E-state index contributed by atoms with van der Waals surface area (Å²) in [6.45, 7) is 2.04. The van der Waals surface area contributed by atoms with Crippen LogP contribution in [0, 0.1) is 0 Å². The van der Waals surface area contributed by atoms with Crippen molar-refractivity contribution in [2.75, 3.05) is 6.54 Å². The van der Waals surface area contributed by atoms with Gasteiger partial charge in [-0.15, -0.1) is 0 Å². The van der Waals surface area contributed by atoms with Crippen molar-refractivity contribution in [3.05, 3.63) is 24.0 Å². The maximum Gasteiger partial charge on any atom is 0.242 e. The van der Waals surface area contributed by atoms with E-state index in [1.54, 1.807) is 6.92 Å². The van der Waals surface area contributed by atoms with E-state index in [2.05, 4.69) is 9.71 Å². The summed E-state index contributed by atoms with van der Waals surface area (Å²) in [5, 5.41) is 0. The van der Waals surface area contributed by atoms with Crippen molar-refractivity contribution in [2.24, 2.45) is 5.73 Å². The zero-order chi connectivity index (χ0) is 11.5. The Morgan fingerprint density at radius 1 is 1.60 bits per heavy atom. The highest BCUT2D eigenvalue weighted by atomic mass is 32.2. The van der Waals surface area contributed by atoms with Crippen LogP contribution in [0.2, 0.25) is 0 Å². The van der Waals surface area contributed by atoms with E-state index in [-0.39, 0.29) is 9.88 Å². The first kappa shape index (κ1) is 12.0. The first-order chi connectivity index (χ1) is 6.97. The Balaban J connectivity index is 3.04. The molecule has 0 saturated heterocycles. The monoisotopic (exact) mass is 245 g/mol. The van der Waals surface area contributed by atoms with E-state index >= 15 is 0 Å². The number of nitrogens with one attached hydrogen (secondary N) is 1. The highest BCUT2D eigenvalue weighted by Crippen LogP contribution is 2.07. The summed E-state index contributed by atoms with van der Waals surface area (Å²) in [5.41, 5.74) is 5.74. The van der Waals surface area contributed by atoms with E-state index in [0.717, 1.165) is 0 Å². The van der Waals surface area contributed by atoms with E-state index in [1.165, 1.54) is 18.3 Å². The molecule has 0 spiro atoms. The maximum absolute atomic E-state index is 11.5. The van der Waals surface area contributed by atoms with Crippen LogP contribution in [0.3, 0.4) is 0 Å². The number of pyridine rings is 1. The quantitative estimate of drug-likeness (QED) is 0.730. The number of rotatable bonds is 4. The van der Waals surface area contributed by atoms with Crippen LogP contribution in [0.15, 0.2) is 23.2 Å². The van der Waals surface area contributed by atoms with Crippen LogP contribution in [-0.2, 0) is 10.0 Å². The lowest BCUT2D eigenvalue weighted by Gasteiger charge is -2.04. The molecular weight excluding hydrogens is 234 g/mol. The van der Waals surface area contributed by atoms with Gasteiger partial charge in [0.05, 0.1) is 5.69 Å². The van der Waals surface area contributed by atoms with Gasteiger partial charge in [-0.3, -0.25) is 4.98 Å². The molecule has 0 aliphatic rings. The standard InChI is InChI=1S/C8H11N3O2S2/c1-2-11-15(12,13)6-3-4-7(8(9)14)10-5-6/h3-5,11H,2H2,1H3,(H2,9,14). The molecule has 1 heterocycles. The Hall–Kier alpha value is -1.05. The van der Waals surface area contributed by atoms with Gasteiger partial charge >= 0.3 is 0 Å². The van der Waals surface area contributed by atoms with Crippen LogP contribution >= 0.6 is 12.2 Å². The molecular formula is C8H11N3O2S2. The summed E-state index contributed by atoms with van der Waals surface area (Å²) >= 11 is 4.70. The first-order valence-electron chi connectivity index (χ1n) is 4.23. The van der Waals surface area contributed by atoms with Gasteiger partial charge in [-0.25, -0.2) is 13.1 Å². The lowest BCUT2D eigenvalue weighted by molar-refractivity contribution is 0.583. The first-order valence-corrected chi connectivity index (χ1v) is 6.12. The number of hydrogen-bond acceptors (Lipinski definition) is 4. The highest BCUT2D eigenvalue weighted by Gasteiger charge is 2.12. The Morgan fingerprint density at radius 2 is 2.27 bits per heavy atom. The average molecular weight is 245 g/mol. The molecule has 0 unspecified atom stereocenters. The van der Waals surface area contributed by atoms with Gasteiger partial charge in [0, 0.05) is 12.7 Å². The number of hydrogen-bond donors (Lipinski definition) is 2. The lowest BCUT2D eigenvalue weighted by Crippen LogP contribution is -2.23. The van der Waals surface area contributed by atoms with Crippen LogP contribution in [0.25, 0.3) is 0 Å². The van der Waals surface area contributed by atoms with Gasteiger partial charge < -0.3 is 5.73 Å². The van der Waals surface area contributed by atoms with Crippen LogP contribution in [-0.4, -0.2) is 24.9 Å². The largest absolute Gasteiger partial charge is 0.388 e. The zero-order valence-electron chi connectivity index (χ0n) is 8.10. The van der Waals surface area contributed by atoms with Crippen molar-refractivity contribution in [3.8, 4) is 0 Å². The third kappa shape index (κ3) is 2.95. The predicted octanol–water partition coefficient (Wildman–Crippen LogP) is 0.0140. The topological polar surface area (TPSA) is 85.1 Å². The van der Waals surface area contributed by atoms with Gasteiger partial charge in [-0.05, 0) is 12.1 Å². The molecule has 0 amide bonds. The Labute approximate surface area is 93.8 Å². The van der Waals surface area contributed by atoms with Gasteiger partial charge in [-0.2, -0.15) is 0 Å². The molecule has 1 aromatic rings. The summed E-state index contributed by atoms with van der Waals surface area (Å²) < 4.78 is 25.4. The van der Waals surface area contributed by atoms with Gasteiger partial charge in [0.2, 0.25) is 10.0 Å². The molecule has 3 N–H and O–H groups in total. The molecule has 7 heteroatoms. The molecule has 5 nitrogen and oxygen atoms in total. The number of thiocarbonyl (C=S) groups is 1. The van der Waals surface area contributed by atoms with Crippen molar-refractivity contribution in [1.82, 2.24) is 9.71 Å². The van der Waals surface area contributed by atoms with Gasteiger partial charge in [-0.1, -0.05) is 19.1 Å². The molecule has 0 saturated carbocycles. The summed E-state index contributed by atoms with van der Waals surface area (Å²) in [6.07, 6.45) is 1.23. The van der Waals surface area contributed by atoms with E-state index in [9.17, 15) is 8.42 Å². The molecule has 0 aromatic carbocycles. The summed E-state index contributed by atoms with van der Waals surface area (Å²) in [7, 11) is -3.45. The van der Waals surface area contributed by atoms with E-state index in [4.69, 9.17) is 18.0 Å². The third-order valence-electron chi connectivity index (χ3n) is 1.63. The molecule has 0 atom stereocenters. The smallest absolute Gasteiger partial charge is 0.242 e. The number of sulfonamides is 1. The fraction of sp³-hybridized carbons (Fsp3) is 0.250. The van der Waals surface area contributed by atoms with E-state index in [1.807, 2.05) is 0 Å². The summed E-state index contributed by atoms with van der Waals surface area (Å²) in [4.78, 5) is 4.08.